The summed E-state index contributed by atoms with van der Waals surface area (Å²) in [6, 6.07) is 25.6. The maximum Gasteiger partial charge on any atom is 0.322 e. The Hall–Kier alpha value is -6.46. The van der Waals surface area contributed by atoms with Gasteiger partial charge in [0.15, 0.2) is 17.4 Å². The van der Waals surface area contributed by atoms with Crippen LogP contribution in [0.1, 0.15) is 100 Å². The van der Waals surface area contributed by atoms with Crippen molar-refractivity contribution < 1.29 is 40.6 Å². The van der Waals surface area contributed by atoms with Crippen molar-refractivity contribution in [3.63, 3.8) is 0 Å². The van der Waals surface area contributed by atoms with Gasteiger partial charge in [0.05, 0.1) is 30.4 Å². The lowest BCUT2D eigenvalue weighted by molar-refractivity contribution is -0.137. The fourth-order valence-corrected chi connectivity index (χ4v) is 11.9. The molecular formula is C49H52N8O9S4. The number of methoxy groups -OCH3 is 1. The molecule has 0 aliphatic heterocycles. The van der Waals surface area contributed by atoms with Crippen molar-refractivity contribution in [3.05, 3.63) is 106 Å². The second-order valence-electron chi connectivity index (χ2n) is 16.8. The molecule has 2 aliphatic carbocycles. The van der Waals surface area contributed by atoms with Crippen molar-refractivity contribution >= 4 is 54.9 Å². The Morgan fingerprint density at radius 2 is 1.13 bits per heavy atom. The van der Waals surface area contributed by atoms with E-state index < -0.39 is 49.3 Å². The van der Waals surface area contributed by atoms with Crippen LogP contribution in [0, 0.1) is 22.7 Å². The highest BCUT2D eigenvalue weighted by Gasteiger charge is 2.32. The van der Waals surface area contributed by atoms with Gasteiger partial charge < -0.3 is 14.2 Å². The molecule has 0 unspecified atom stereocenters. The lowest BCUT2D eigenvalue weighted by atomic mass is 10.0. The van der Waals surface area contributed by atoms with Crippen molar-refractivity contribution in [1.29, 1.82) is 10.5 Å². The molecule has 0 saturated carbocycles. The summed E-state index contributed by atoms with van der Waals surface area (Å²) < 4.78 is 79.4. The Kier molecular flexibility index (Phi) is 17.0. The van der Waals surface area contributed by atoms with Gasteiger partial charge in [0.1, 0.15) is 45.2 Å². The van der Waals surface area contributed by atoms with Crippen molar-refractivity contribution in [2.75, 3.05) is 18.6 Å². The molecule has 17 nitrogen and oxygen atoms in total. The molecule has 2 heterocycles. The number of nitriles is 2. The van der Waals surface area contributed by atoms with Crippen LogP contribution < -0.4 is 18.9 Å². The number of Topliss-reactive ketones (excluding diaryl/α,β-unsaturated/α-hetero) is 1. The van der Waals surface area contributed by atoms with Gasteiger partial charge in [-0.1, -0.05) is 43.8 Å². The van der Waals surface area contributed by atoms with E-state index in [2.05, 4.69) is 35.1 Å². The molecule has 0 fully saturated rings. The maximum absolute atomic E-state index is 12.3. The smallest absolute Gasteiger partial charge is 0.322 e. The van der Waals surface area contributed by atoms with Crippen molar-refractivity contribution in [2.45, 2.75) is 92.0 Å². The van der Waals surface area contributed by atoms with E-state index in [0.717, 1.165) is 51.6 Å². The number of nitrogens with one attached hydrogen (secondary N) is 2. The van der Waals surface area contributed by atoms with Crippen molar-refractivity contribution in [2.24, 2.45) is 0 Å². The molecule has 0 saturated heterocycles. The molecule has 0 bridgehead atoms. The minimum Gasteiger partial charge on any atom is -0.490 e. The number of rotatable bonds is 16. The highest BCUT2D eigenvalue weighted by molar-refractivity contribution is 7.90. The zero-order valence-corrected chi connectivity index (χ0v) is 41.7. The summed E-state index contributed by atoms with van der Waals surface area (Å²) in [5.41, 5.74) is 7.79. The lowest BCUT2D eigenvalue weighted by Crippen LogP contribution is -2.33. The first-order valence-corrected chi connectivity index (χ1v) is 26.6. The van der Waals surface area contributed by atoms with Gasteiger partial charge >= 0.3 is 5.97 Å². The van der Waals surface area contributed by atoms with Crippen LogP contribution in [0.3, 0.4) is 0 Å². The molecule has 2 aromatic heterocycles. The summed E-state index contributed by atoms with van der Waals surface area (Å²) in [6.45, 7) is 8.88. The molecule has 0 spiro atoms. The van der Waals surface area contributed by atoms with Crippen LogP contribution >= 0.6 is 23.1 Å². The highest BCUT2D eigenvalue weighted by Crippen LogP contribution is 2.40. The number of hydrogen-bond donors (Lipinski definition) is 2. The number of nitrogens with zero attached hydrogens (tertiary/aromatic N) is 6. The van der Waals surface area contributed by atoms with Gasteiger partial charge in [-0.25, -0.2) is 36.2 Å². The third-order valence-electron chi connectivity index (χ3n) is 10.9. The van der Waals surface area contributed by atoms with Crippen LogP contribution in [0.2, 0.25) is 0 Å². The minimum absolute atomic E-state index is 0. The third-order valence-corrected chi connectivity index (χ3v) is 15.1. The van der Waals surface area contributed by atoms with Crippen LogP contribution in [0.4, 0.5) is 0 Å². The number of hydrogen-bond acceptors (Lipinski definition) is 17. The van der Waals surface area contributed by atoms with Crippen molar-refractivity contribution in [1.82, 2.24) is 28.2 Å². The number of carbonyl (C=O) groups is 2. The lowest BCUT2D eigenvalue weighted by Gasteiger charge is -2.14. The topological polar surface area (TPSA) is 253 Å². The van der Waals surface area contributed by atoms with Gasteiger partial charge in [-0.05, 0) is 142 Å². The maximum atomic E-state index is 12.3. The summed E-state index contributed by atoms with van der Waals surface area (Å²) in [6.07, 6.45) is 2.39. The molecule has 2 N–H and O–H groups in total. The fourth-order valence-electron chi connectivity index (χ4n) is 8.09. The SMILES string of the molecule is C.CC(=O)CS(=O)(=O)N[C@H]1CCc2c(-c3nsc(-c4ccc(OC(C)C)c(C#N)c4)n3)cccc21.COC(=O)CS(=O)(=O)N[C@H]1CCc2c(-c3nsc(-c4ccc(OC(C)C)c(C#N)c4)n3)cccc21. The van der Waals surface area contributed by atoms with Gasteiger partial charge in [-0.3, -0.25) is 9.59 Å². The summed E-state index contributed by atoms with van der Waals surface area (Å²) in [4.78, 5) is 32.1. The van der Waals surface area contributed by atoms with Gasteiger partial charge in [-0.15, -0.1) is 0 Å². The van der Waals surface area contributed by atoms with E-state index in [-0.39, 0.29) is 25.7 Å². The molecule has 2 atom stereocenters. The first-order chi connectivity index (χ1) is 32.9. The van der Waals surface area contributed by atoms with E-state index in [9.17, 15) is 36.9 Å². The number of ketones is 1. The number of aromatic nitrogens is 4. The molecule has 21 heteroatoms. The fraction of sp³-hybridized carbons (Fsp3) is 0.347. The summed E-state index contributed by atoms with van der Waals surface area (Å²) in [5.74, 6) is -0.304. The third kappa shape index (κ3) is 12.6. The zero-order chi connectivity index (χ0) is 49.6. The molecule has 0 amide bonds. The molecule has 6 aromatic rings. The summed E-state index contributed by atoms with van der Waals surface area (Å²) in [5, 5.41) is 20.4. The standard InChI is InChI=1S/C24H24N4O5S2.C24H24N4O4S2.CH4/c1-14(2)33-21-10-7-15(11-16(21)12-25)24-26-23(27-34-24)19-6-4-5-18-17(19)8-9-20(18)28-35(30,31)13-22(29)32-3;1-14(2)32-22-10-7-16(11-17(22)12-25)24-26-23(27-33-24)20-6-4-5-19-18(20)8-9-21(19)28-34(30,31)13-15(3)29;/h4-7,10-11,14,20,28H,8-9,13H2,1-3H3;4-7,10-11,14,21,28H,8-9,13H2,1-3H3;1H4/t20-;21-;/m00./s1. The first kappa shape index (κ1) is 52.9. The summed E-state index contributed by atoms with van der Waals surface area (Å²) >= 11 is 2.47. The Morgan fingerprint density at radius 1 is 0.700 bits per heavy atom. The minimum atomic E-state index is -3.84. The first-order valence-electron chi connectivity index (χ1n) is 21.8. The number of benzene rings is 4. The van der Waals surface area contributed by atoms with Crippen LogP contribution in [0.15, 0.2) is 72.8 Å². The molecule has 2 aliphatic rings. The average Bonchev–Trinajstić information content (AvgIpc) is 4.14. The van der Waals surface area contributed by atoms with Gasteiger partial charge in [0.25, 0.3) is 0 Å². The van der Waals surface area contributed by atoms with E-state index in [0.29, 0.717) is 70.0 Å². The number of esters is 1. The Morgan fingerprint density at radius 3 is 1.51 bits per heavy atom. The number of fused-ring (bicyclic) bond motifs is 2. The monoisotopic (exact) mass is 1020 g/mol. The van der Waals surface area contributed by atoms with Crippen LogP contribution in [0.5, 0.6) is 11.5 Å². The van der Waals surface area contributed by atoms with Gasteiger partial charge in [-0.2, -0.15) is 19.3 Å². The predicted octanol–water partition coefficient (Wildman–Crippen LogP) is 8.27. The quantitative estimate of drug-likeness (QED) is 0.0865. The molecule has 70 heavy (non-hydrogen) atoms. The number of carbonyl (C=O) groups excluding carboxylic acids is 2. The average molecular weight is 1030 g/mol. The van der Waals surface area contributed by atoms with Crippen LogP contribution in [-0.2, 0) is 47.2 Å². The number of ether oxygens (including phenoxy) is 3. The number of sulfonamides is 2. The largest absolute Gasteiger partial charge is 0.490 e. The van der Waals surface area contributed by atoms with E-state index in [1.807, 2.05) is 76.2 Å². The normalized spacial score (nSPS) is 14.9. The summed E-state index contributed by atoms with van der Waals surface area (Å²) in [7, 11) is -6.38. The Bertz CT molecular complexity index is 3230. The van der Waals surface area contributed by atoms with Crippen LogP contribution in [-0.4, -0.2) is 78.1 Å². The molecule has 8 rings (SSSR count). The molecule has 4 aromatic carbocycles. The van der Waals surface area contributed by atoms with Crippen LogP contribution in [0.25, 0.3) is 43.9 Å². The van der Waals surface area contributed by atoms with Crippen molar-refractivity contribution in [3.8, 4) is 67.6 Å². The zero-order valence-electron chi connectivity index (χ0n) is 38.5. The van der Waals surface area contributed by atoms with Gasteiger partial charge in [0, 0.05) is 34.3 Å². The van der Waals surface area contributed by atoms with E-state index in [1.165, 1.54) is 30.0 Å². The molecule has 366 valence electrons. The second kappa shape index (κ2) is 22.5. The van der Waals surface area contributed by atoms with E-state index >= 15 is 0 Å². The Labute approximate surface area is 416 Å². The Balaban J connectivity index is 0.000000226. The highest BCUT2D eigenvalue weighted by atomic mass is 32.2. The van der Waals surface area contributed by atoms with E-state index in [1.54, 1.807) is 24.3 Å². The molecular weight excluding hydrogens is 973 g/mol. The predicted molar refractivity (Wildman–Crippen MR) is 268 cm³/mol. The molecule has 0 radical (unpaired) electrons. The van der Waals surface area contributed by atoms with Gasteiger partial charge in [0.2, 0.25) is 20.0 Å². The second-order valence-corrected chi connectivity index (χ2v) is 21.8. The van der Waals surface area contributed by atoms with E-state index in [4.69, 9.17) is 19.4 Å².